The molecule has 0 aromatic rings. The largest absolute Gasteiger partial charge is 0.459 e. The summed E-state index contributed by atoms with van der Waals surface area (Å²) < 4.78 is 10.8. The predicted octanol–water partition coefficient (Wildman–Crippen LogP) is 2.02. The molecule has 2 rings (SSSR count). The van der Waals surface area contributed by atoms with E-state index >= 15 is 0 Å². The summed E-state index contributed by atoms with van der Waals surface area (Å²) in [6.07, 6.45) is 1.06. The maximum absolute atomic E-state index is 12.5. The van der Waals surface area contributed by atoms with E-state index in [0.717, 1.165) is 0 Å². The van der Waals surface area contributed by atoms with Gasteiger partial charge in [-0.2, -0.15) is 0 Å². The van der Waals surface area contributed by atoms with Gasteiger partial charge >= 0.3 is 11.9 Å². The summed E-state index contributed by atoms with van der Waals surface area (Å²) in [7, 11) is 0. The van der Waals surface area contributed by atoms with Crippen molar-refractivity contribution in [3.05, 3.63) is 0 Å². The summed E-state index contributed by atoms with van der Waals surface area (Å²) in [6, 6.07) is 0. The first-order valence-electron chi connectivity index (χ1n) is 6.98. The van der Waals surface area contributed by atoms with Crippen LogP contribution >= 0.6 is 0 Å². The van der Waals surface area contributed by atoms with Crippen molar-refractivity contribution in [1.29, 1.82) is 0 Å². The molecule has 0 unspecified atom stereocenters. The Labute approximate surface area is 119 Å². The second-order valence-electron chi connectivity index (χ2n) is 7.20. The second-order valence-corrected chi connectivity index (χ2v) is 7.20. The van der Waals surface area contributed by atoms with E-state index in [1.807, 2.05) is 0 Å². The first-order valence-corrected chi connectivity index (χ1v) is 6.98. The number of hydrogen-bond donors (Lipinski definition) is 0. The van der Waals surface area contributed by atoms with Gasteiger partial charge < -0.3 is 9.47 Å². The summed E-state index contributed by atoms with van der Waals surface area (Å²) in [5.41, 5.74) is -2.81. The molecule has 5 nitrogen and oxygen atoms in total. The Morgan fingerprint density at radius 3 is 2.45 bits per heavy atom. The molecule has 0 aromatic carbocycles. The minimum Gasteiger partial charge on any atom is -0.459 e. The maximum atomic E-state index is 12.5. The van der Waals surface area contributed by atoms with Crippen molar-refractivity contribution in [2.75, 3.05) is 0 Å². The minimum atomic E-state index is -1.39. The minimum absolute atomic E-state index is 0.0700. The zero-order valence-electron chi connectivity index (χ0n) is 12.7. The number of hydrogen-bond acceptors (Lipinski definition) is 5. The van der Waals surface area contributed by atoms with Crippen molar-refractivity contribution in [3.8, 4) is 0 Å². The number of rotatable bonds is 1. The predicted molar refractivity (Wildman–Crippen MR) is 70.8 cm³/mol. The van der Waals surface area contributed by atoms with Gasteiger partial charge in [0.05, 0.1) is 0 Å². The Bertz CT molecular complexity index is 475. The van der Waals surface area contributed by atoms with Gasteiger partial charge in [-0.3, -0.25) is 14.4 Å². The fraction of sp³-hybridized carbons (Fsp3) is 0.800. The number of carbonyl (C=O) groups excluding carboxylic acids is 3. The molecule has 1 saturated carbocycles. The third-order valence-corrected chi connectivity index (χ3v) is 4.34. The number of carbonyl (C=O) groups is 3. The molecule has 0 amide bonds. The van der Waals surface area contributed by atoms with Crippen molar-refractivity contribution >= 4 is 17.7 Å². The van der Waals surface area contributed by atoms with E-state index in [0.29, 0.717) is 12.8 Å². The van der Waals surface area contributed by atoms with Crippen molar-refractivity contribution in [3.63, 3.8) is 0 Å². The van der Waals surface area contributed by atoms with Crippen LogP contribution in [0.25, 0.3) is 0 Å². The van der Waals surface area contributed by atoms with Gasteiger partial charge in [-0.1, -0.05) is 0 Å². The van der Waals surface area contributed by atoms with Crippen LogP contribution in [0.2, 0.25) is 0 Å². The molecule has 0 spiro atoms. The quantitative estimate of drug-likeness (QED) is 0.543. The third-order valence-electron chi connectivity index (χ3n) is 4.34. The number of ketones is 1. The maximum Gasteiger partial charge on any atom is 0.324 e. The molecule has 0 aromatic heterocycles. The second kappa shape index (κ2) is 4.30. The monoisotopic (exact) mass is 282 g/mol. The average Bonchev–Trinajstić information content (AvgIpc) is 2.48. The van der Waals surface area contributed by atoms with Crippen LogP contribution in [0.4, 0.5) is 0 Å². The van der Waals surface area contributed by atoms with Gasteiger partial charge in [-0.25, -0.2) is 0 Å². The van der Waals surface area contributed by atoms with Crippen LogP contribution < -0.4 is 0 Å². The van der Waals surface area contributed by atoms with Crippen molar-refractivity contribution in [2.24, 2.45) is 11.3 Å². The molecule has 0 bridgehead atoms. The number of fused-ring (bicyclic) bond motifs is 1. The van der Waals surface area contributed by atoms with Crippen LogP contribution in [-0.4, -0.2) is 28.9 Å². The van der Waals surface area contributed by atoms with Crippen LogP contribution in [0.1, 0.15) is 53.9 Å². The summed E-state index contributed by atoms with van der Waals surface area (Å²) in [4.78, 5) is 36.5. The Kier molecular flexibility index (Phi) is 3.23. The summed E-state index contributed by atoms with van der Waals surface area (Å²) in [5.74, 6) is -1.55. The van der Waals surface area contributed by atoms with Crippen LogP contribution in [0.5, 0.6) is 0 Å². The lowest BCUT2D eigenvalue weighted by Gasteiger charge is -2.37. The number of ether oxygens (including phenoxy) is 2. The lowest BCUT2D eigenvalue weighted by molar-refractivity contribution is -0.173. The SMILES string of the molecule is CC(C)(C)OC(=O)[C@@]1(C)C(=O)O[C@]2(C)CCC(=O)C[C@H]12. The molecule has 2 fully saturated rings. The van der Waals surface area contributed by atoms with Gasteiger partial charge in [0.1, 0.15) is 17.0 Å². The summed E-state index contributed by atoms with van der Waals surface area (Å²) in [6.45, 7) is 8.59. The molecule has 0 radical (unpaired) electrons. The molecule has 1 aliphatic heterocycles. The highest BCUT2D eigenvalue weighted by Crippen LogP contribution is 2.53. The molecule has 5 heteroatoms. The Balaban J connectivity index is 2.36. The van der Waals surface area contributed by atoms with E-state index in [4.69, 9.17) is 9.47 Å². The highest BCUT2D eigenvalue weighted by atomic mass is 16.6. The molecule has 3 atom stereocenters. The Morgan fingerprint density at radius 1 is 1.30 bits per heavy atom. The number of Topliss-reactive ketones (excluding diaryl/α,β-unsaturated/α-hetero) is 1. The van der Waals surface area contributed by atoms with Gasteiger partial charge in [0.15, 0.2) is 5.41 Å². The Morgan fingerprint density at radius 2 is 1.90 bits per heavy atom. The molecule has 1 saturated heterocycles. The smallest absolute Gasteiger partial charge is 0.324 e. The molecule has 2 aliphatic rings. The van der Waals surface area contributed by atoms with E-state index in [1.54, 1.807) is 27.7 Å². The molecular formula is C15H22O5. The average molecular weight is 282 g/mol. The van der Waals surface area contributed by atoms with Gasteiger partial charge in [-0.05, 0) is 41.0 Å². The lowest BCUT2D eigenvalue weighted by atomic mass is 9.65. The zero-order valence-corrected chi connectivity index (χ0v) is 12.7. The van der Waals surface area contributed by atoms with Gasteiger partial charge in [0.25, 0.3) is 0 Å². The van der Waals surface area contributed by atoms with E-state index < -0.39 is 34.5 Å². The van der Waals surface area contributed by atoms with Crippen molar-refractivity contribution in [1.82, 2.24) is 0 Å². The summed E-state index contributed by atoms with van der Waals surface area (Å²) in [5, 5.41) is 0. The number of esters is 2. The highest BCUT2D eigenvalue weighted by molar-refractivity contribution is 6.03. The van der Waals surface area contributed by atoms with Gasteiger partial charge in [0.2, 0.25) is 0 Å². The first kappa shape index (κ1) is 15.0. The fourth-order valence-electron chi connectivity index (χ4n) is 3.11. The fourth-order valence-corrected chi connectivity index (χ4v) is 3.11. The first-order chi connectivity index (χ1) is 8.99. The van der Waals surface area contributed by atoms with E-state index in [9.17, 15) is 14.4 Å². The molecular weight excluding hydrogens is 260 g/mol. The summed E-state index contributed by atoms with van der Waals surface area (Å²) >= 11 is 0. The van der Waals surface area contributed by atoms with Crippen molar-refractivity contribution in [2.45, 2.75) is 65.1 Å². The van der Waals surface area contributed by atoms with Crippen LogP contribution in [0.3, 0.4) is 0 Å². The zero-order chi connectivity index (χ0) is 15.3. The van der Waals surface area contributed by atoms with E-state index in [2.05, 4.69) is 0 Å². The molecule has 20 heavy (non-hydrogen) atoms. The molecule has 112 valence electrons. The van der Waals surface area contributed by atoms with E-state index in [-0.39, 0.29) is 12.2 Å². The van der Waals surface area contributed by atoms with Crippen LogP contribution in [-0.2, 0) is 23.9 Å². The van der Waals surface area contributed by atoms with Crippen LogP contribution in [0.15, 0.2) is 0 Å². The van der Waals surface area contributed by atoms with E-state index in [1.165, 1.54) is 6.92 Å². The Hall–Kier alpha value is -1.39. The highest BCUT2D eigenvalue weighted by Gasteiger charge is 2.66. The lowest BCUT2D eigenvalue weighted by Crippen LogP contribution is -2.48. The standard InChI is InChI=1S/C15H22O5/c1-13(2,3)19-11(17)15(5)10-8-9(16)6-7-14(10,4)20-12(15)18/h10H,6-8H2,1-5H3/t10-,14+,15-/m0/s1. The molecule has 1 aliphatic carbocycles. The normalized spacial score (nSPS) is 37.4. The van der Waals surface area contributed by atoms with Gasteiger partial charge in [-0.15, -0.1) is 0 Å². The third kappa shape index (κ3) is 2.23. The van der Waals surface area contributed by atoms with Crippen LogP contribution in [0, 0.1) is 11.3 Å². The molecule has 0 N–H and O–H groups in total. The topological polar surface area (TPSA) is 69.7 Å². The van der Waals surface area contributed by atoms with Gasteiger partial charge in [0, 0.05) is 18.8 Å². The van der Waals surface area contributed by atoms with Crippen molar-refractivity contribution < 1.29 is 23.9 Å². The molecule has 1 heterocycles.